The second-order valence-electron chi connectivity index (χ2n) is 4.27. The van der Waals surface area contributed by atoms with Crippen molar-refractivity contribution in [1.82, 2.24) is 10.2 Å². The van der Waals surface area contributed by atoms with E-state index in [2.05, 4.69) is 15.5 Å². The molecule has 2 rings (SSSR count). The fraction of sp³-hybridized carbons (Fsp3) is 0.231. The van der Waals surface area contributed by atoms with Gasteiger partial charge in [-0.25, -0.2) is 0 Å². The number of carbonyl (C=O) groups is 1. The van der Waals surface area contributed by atoms with E-state index in [0.717, 1.165) is 5.56 Å². The van der Waals surface area contributed by atoms with E-state index in [-0.39, 0.29) is 11.6 Å². The second kappa shape index (κ2) is 5.01. The predicted molar refractivity (Wildman–Crippen MR) is 73.4 cm³/mol. The molecule has 0 aliphatic carbocycles. The Morgan fingerprint density at radius 2 is 2.16 bits per heavy atom. The fourth-order valence-electron chi connectivity index (χ4n) is 1.71. The molecule has 2 aromatic rings. The number of carbonyl (C=O) groups excluding carboxylic acids is 1. The molecule has 0 radical (unpaired) electrons. The van der Waals surface area contributed by atoms with Crippen LogP contribution in [0.3, 0.4) is 0 Å². The van der Waals surface area contributed by atoms with Gasteiger partial charge < -0.3 is 15.8 Å². The van der Waals surface area contributed by atoms with Crippen LogP contribution in [-0.4, -0.2) is 23.2 Å². The number of nitrogens with one attached hydrogen (secondary N) is 2. The summed E-state index contributed by atoms with van der Waals surface area (Å²) in [6.45, 7) is 3.69. The molecule has 4 N–H and O–H groups in total. The first-order chi connectivity index (χ1) is 9.02. The Kier molecular flexibility index (Phi) is 3.41. The summed E-state index contributed by atoms with van der Waals surface area (Å²) in [5.41, 5.74) is 8.58. The summed E-state index contributed by atoms with van der Waals surface area (Å²) in [5, 5.41) is 9.31. The summed E-state index contributed by atoms with van der Waals surface area (Å²) in [5.74, 6) is 0.218. The Morgan fingerprint density at radius 3 is 2.74 bits per heavy atom. The lowest BCUT2D eigenvalue weighted by Gasteiger charge is -2.10. The lowest BCUT2D eigenvalue weighted by Crippen LogP contribution is -2.15. The van der Waals surface area contributed by atoms with E-state index in [4.69, 9.17) is 10.5 Å². The van der Waals surface area contributed by atoms with Crippen molar-refractivity contribution in [2.24, 2.45) is 0 Å². The van der Waals surface area contributed by atoms with Gasteiger partial charge in [0.05, 0.1) is 24.2 Å². The number of hydrogen-bond acceptors (Lipinski definition) is 4. The van der Waals surface area contributed by atoms with Crippen molar-refractivity contribution in [3.8, 4) is 5.75 Å². The molecule has 1 aromatic carbocycles. The second-order valence-corrected chi connectivity index (χ2v) is 4.27. The van der Waals surface area contributed by atoms with Gasteiger partial charge in [-0.1, -0.05) is 6.07 Å². The van der Waals surface area contributed by atoms with E-state index >= 15 is 0 Å². The van der Waals surface area contributed by atoms with Gasteiger partial charge in [-0.05, 0) is 31.5 Å². The van der Waals surface area contributed by atoms with Gasteiger partial charge in [0.15, 0.2) is 5.69 Å². The first-order valence-electron chi connectivity index (χ1n) is 5.79. The molecule has 1 heterocycles. The van der Waals surface area contributed by atoms with Gasteiger partial charge in [0.2, 0.25) is 0 Å². The Bertz CT molecular complexity index is 619. The number of H-pyrrole nitrogens is 1. The van der Waals surface area contributed by atoms with Crippen molar-refractivity contribution < 1.29 is 9.53 Å². The van der Waals surface area contributed by atoms with Gasteiger partial charge in [-0.3, -0.25) is 9.89 Å². The van der Waals surface area contributed by atoms with Gasteiger partial charge in [0.1, 0.15) is 5.75 Å². The van der Waals surface area contributed by atoms with Crippen LogP contribution in [0.1, 0.15) is 21.7 Å². The minimum absolute atomic E-state index is 0.182. The number of hydrogen-bond donors (Lipinski definition) is 3. The molecule has 0 spiro atoms. The van der Waals surface area contributed by atoms with Crippen molar-refractivity contribution in [1.29, 1.82) is 0 Å². The van der Waals surface area contributed by atoms with Crippen molar-refractivity contribution in [2.75, 3.05) is 18.2 Å². The molecule has 0 unspecified atom stereocenters. The van der Waals surface area contributed by atoms with Crippen LogP contribution in [0.25, 0.3) is 0 Å². The zero-order valence-corrected chi connectivity index (χ0v) is 11.1. The van der Waals surface area contributed by atoms with Crippen LogP contribution in [0.5, 0.6) is 5.75 Å². The van der Waals surface area contributed by atoms with Gasteiger partial charge in [0, 0.05) is 0 Å². The highest BCUT2D eigenvalue weighted by molar-refractivity contribution is 6.07. The number of anilines is 2. The summed E-state index contributed by atoms with van der Waals surface area (Å²) in [6.07, 6.45) is 0. The highest BCUT2D eigenvalue weighted by Crippen LogP contribution is 2.26. The molecule has 0 saturated carbocycles. The highest BCUT2D eigenvalue weighted by Gasteiger charge is 2.16. The average Bonchev–Trinajstić information content (AvgIpc) is 2.70. The summed E-state index contributed by atoms with van der Waals surface area (Å²) in [7, 11) is 1.55. The minimum Gasteiger partial charge on any atom is -0.495 e. The number of methoxy groups -OCH3 is 1. The average molecular weight is 260 g/mol. The van der Waals surface area contributed by atoms with Crippen LogP contribution in [0.2, 0.25) is 0 Å². The summed E-state index contributed by atoms with van der Waals surface area (Å²) >= 11 is 0. The summed E-state index contributed by atoms with van der Waals surface area (Å²) < 4.78 is 5.20. The van der Waals surface area contributed by atoms with Gasteiger partial charge >= 0.3 is 0 Å². The number of rotatable bonds is 3. The number of nitrogens with two attached hydrogens (primary N) is 1. The monoisotopic (exact) mass is 260 g/mol. The van der Waals surface area contributed by atoms with E-state index in [1.165, 1.54) is 0 Å². The van der Waals surface area contributed by atoms with E-state index in [1.807, 2.05) is 19.1 Å². The maximum Gasteiger partial charge on any atom is 0.278 e. The molecule has 0 aliphatic rings. The van der Waals surface area contributed by atoms with E-state index in [1.54, 1.807) is 20.1 Å². The predicted octanol–water partition coefficient (Wildman–Crippen LogP) is 1.87. The fourth-order valence-corrected chi connectivity index (χ4v) is 1.71. The summed E-state index contributed by atoms with van der Waals surface area (Å²) in [6, 6.07) is 5.53. The van der Waals surface area contributed by atoms with Gasteiger partial charge in [-0.15, -0.1) is 0 Å². The Morgan fingerprint density at radius 1 is 1.42 bits per heavy atom. The largest absolute Gasteiger partial charge is 0.495 e. The standard InChI is InChI=1S/C13H16N4O2/c1-7-4-5-10(19-3)9(6-7)15-13(18)12-11(14)8(2)16-17-12/h4-6H,14H2,1-3H3,(H,15,18)(H,16,17). The summed E-state index contributed by atoms with van der Waals surface area (Å²) in [4.78, 5) is 12.1. The lowest BCUT2D eigenvalue weighted by atomic mass is 10.2. The number of nitrogens with zero attached hydrogens (tertiary/aromatic N) is 1. The number of aromatic amines is 1. The minimum atomic E-state index is -0.370. The molecule has 0 aliphatic heterocycles. The molecule has 100 valence electrons. The highest BCUT2D eigenvalue weighted by atomic mass is 16.5. The molecular weight excluding hydrogens is 244 g/mol. The molecular formula is C13H16N4O2. The molecule has 0 atom stereocenters. The normalized spacial score (nSPS) is 10.3. The van der Waals surface area contributed by atoms with Crippen LogP contribution < -0.4 is 15.8 Å². The number of amides is 1. The third kappa shape index (κ3) is 2.52. The number of nitrogen functional groups attached to an aromatic ring is 1. The number of benzene rings is 1. The number of aryl methyl sites for hydroxylation is 2. The molecule has 6 nitrogen and oxygen atoms in total. The molecule has 6 heteroatoms. The first kappa shape index (κ1) is 12.9. The van der Waals surface area contributed by atoms with Crippen LogP contribution in [0.15, 0.2) is 18.2 Å². The number of ether oxygens (including phenoxy) is 1. The Labute approximate surface area is 111 Å². The molecule has 19 heavy (non-hydrogen) atoms. The Hall–Kier alpha value is -2.50. The topological polar surface area (TPSA) is 93.0 Å². The zero-order chi connectivity index (χ0) is 14.0. The number of aromatic nitrogens is 2. The molecule has 0 fully saturated rings. The van der Waals surface area contributed by atoms with Gasteiger partial charge in [-0.2, -0.15) is 5.10 Å². The third-order valence-corrected chi connectivity index (χ3v) is 2.81. The third-order valence-electron chi connectivity index (χ3n) is 2.81. The quantitative estimate of drug-likeness (QED) is 0.785. The molecule has 1 amide bonds. The maximum atomic E-state index is 12.1. The van der Waals surface area contributed by atoms with Crippen LogP contribution >= 0.6 is 0 Å². The smallest absolute Gasteiger partial charge is 0.278 e. The molecule has 1 aromatic heterocycles. The maximum absolute atomic E-state index is 12.1. The van der Waals surface area contributed by atoms with Crippen molar-refractivity contribution in [3.63, 3.8) is 0 Å². The Balaban J connectivity index is 2.28. The lowest BCUT2D eigenvalue weighted by molar-refractivity contribution is 0.102. The van der Waals surface area contributed by atoms with Crippen LogP contribution in [0, 0.1) is 13.8 Å². The van der Waals surface area contributed by atoms with Crippen molar-refractivity contribution >= 4 is 17.3 Å². The van der Waals surface area contributed by atoms with Crippen molar-refractivity contribution in [3.05, 3.63) is 35.2 Å². The first-order valence-corrected chi connectivity index (χ1v) is 5.79. The SMILES string of the molecule is COc1ccc(C)cc1NC(=O)c1n[nH]c(C)c1N. The van der Waals surface area contributed by atoms with Crippen LogP contribution in [-0.2, 0) is 0 Å². The van der Waals surface area contributed by atoms with E-state index in [0.29, 0.717) is 22.8 Å². The van der Waals surface area contributed by atoms with E-state index < -0.39 is 0 Å². The van der Waals surface area contributed by atoms with E-state index in [9.17, 15) is 4.79 Å². The van der Waals surface area contributed by atoms with Gasteiger partial charge in [0.25, 0.3) is 5.91 Å². The van der Waals surface area contributed by atoms with Crippen LogP contribution in [0.4, 0.5) is 11.4 Å². The zero-order valence-electron chi connectivity index (χ0n) is 11.1. The molecule has 0 bridgehead atoms. The molecule has 0 saturated heterocycles. The van der Waals surface area contributed by atoms with Crippen molar-refractivity contribution in [2.45, 2.75) is 13.8 Å².